The van der Waals surface area contributed by atoms with E-state index in [9.17, 15) is 4.79 Å². The van der Waals surface area contributed by atoms with E-state index in [1.807, 2.05) is 18.2 Å². The molecule has 4 heterocycles. The van der Waals surface area contributed by atoms with Crippen molar-refractivity contribution in [1.29, 1.82) is 0 Å². The molecule has 0 aliphatic heterocycles. The van der Waals surface area contributed by atoms with Gasteiger partial charge in [0, 0.05) is 47.4 Å². The van der Waals surface area contributed by atoms with E-state index in [0.29, 0.717) is 17.0 Å². The van der Waals surface area contributed by atoms with Crippen molar-refractivity contribution in [3.8, 4) is 11.1 Å². The van der Waals surface area contributed by atoms with Crippen LogP contribution in [0.15, 0.2) is 53.6 Å². The number of hydrogen-bond donors (Lipinski definition) is 1. The van der Waals surface area contributed by atoms with Crippen LogP contribution in [0.25, 0.3) is 22.2 Å². The molecule has 0 aromatic carbocycles. The zero-order chi connectivity index (χ0) is 15.8. The third kappa shape index (κ3) is 2.30. The number of ketones is 1. The number of pyridine rings is 2. The first-order valence-corrected chi connectivity index (χ1v) is 7.08. The van der Waals surface area contributed by atoms with Crippen LogP contribution < -0.4 is 0 Å². The molecule has 0 fully saturated rings. The lowest BCUT2D eigenvalue weighted by Crippen LogP contribution is -2.00. The van der Waals surface area contributed by atoms with Gasteiger partial charge in [0.05, 0.1) is 5.56 Å². The molecule has 0 bridgehead atoms. The van der Waals surface area contributed by atoms with Crippen molar-refractivity contribution in [3.05, 3.63) is 66.1 Å². The Labute approximate surface area is 131 Å². The number of H-pyrrole nitrogens is 1. The van der Waals surface area contributed by atoms with Gasteiger partial charge in [0.15, 0.2) is 5.69 Å². The van der Waals surface area contributed by atoms with Crippen LogP contribution in [0.1, 0.15) is 21.8 Å². The first kappa shape index (κ1) is 13.4. The molecule has 0 saturated carbocycles. The summed E-state index contributed by atoms with van der Waals surface area (Å²) in [5.41, 5.74) is 3.30. The Morgan fingerprint density at radius 2 is 2.13 bits per heavy atom. The summed E-state index contributed by atoms with van der Waals surface area (Å²) in [6.07, 6.45) is 6.88. The molecule has 6 nitrogen and oxygen atoms in total. The smallest absolute Gasteiger partial charge is 0.217 e. The minimum absolute atomic E-state index is 0.196. The van der Waals surface area contributed by atoms with Gasteiger partial charge >= 0.3 is 0 Å². The number of nitrogens with one attached hydrogen (secondary N) is 1. The predicted molar refractivity (Wildman–Crippen MR) is 84.0 cm³/mol. The Bertz CT molecular complexity index is 1000. The molecule has 0 spiro atoms. The first-order valence-electron chi connectivity index (χ1n) is 7.08. The van der Waals surface area contributed by atoms with Gasteiger partial charge < -0.3 is 9.51 Å². The zero-order valence-electron chi connectivity index (χ0n) is 12.3. The number of hydrogen-bond acceptors (Lipinski definition) is 5. The number of carbonyl (C=O) groups is 1. The minimum atomic E-state index is -0.196. The second-order valence-corrected chi connectivity index (χ2v) is 5.22. The Morgan fingerprint density at radius 1 is 1.22 bits per heavy atom. The summed E-state index contributed by atoms with van der Waals surface area (Å²) in [6.45, 7) is 1.75. The van der Waals surface area contributed by atoms with Crippen LogP contribution in [0.4, 0.5) is 0 Å². The van der Waals surface area contributed by atoms with Crippen molar-refractivity contribution in [3.63, 3.8) is 0 Å². The van der Waals surface area contributed by atoms with Gasteiger partial charge in [0.25, 0.3) is 0 Å². The molecule has 4 rings (SSSR count). The number of fused-ring (bicyclic) bond motifs is 1. The SMILES string of the molecule is Cc1cc(C(=O)c2c[nH]c3ncc(-c4cccnc4)cc23)no1. The fourth-order valence-corrected chi connectivity index (χ4v) is 2.49. The lowest BCUT2D eigenvalue weighted by Gasteiger charge is -2.01. The van der Waals surface area contributed by atoms with Gasteiger partial charge in [-0.15, -0.1) is 0 Å². The second kappa shape index (κ2) is 5.17. The molecule has 0 aliphatic rings. The maximum Gasteiger partial charge on any atom is 0.217 e. The van der Waals surface area contributed by atoms with E-state index in [1.54, 1.807) is 37.8 Å². The van der Waals surface area contributed by atoms with Gasteiger partial charge in [-0.05, 0) is 19.1 Å². The number of carbonyl (C=O) groups excluding carboxylic acids is 1. The van der Waals surface area contributed by atoms with Crippen molar-refractivity contribution >= 4 is 16.8 Å². The normalized spacial score (nSPS) is 11.0. The van der Waals surface area contributed by atoms with Crippen LogP contribution in [-0.2, 0) is 0 Å². The van der Waals surface area contributed by atoms with Crippen LogP contribution in [0.3, 0.4) is 0 Å². The summed E-state index contributed by atoms with van der Waals surface area (Å²) >= 11 is 0. The standard InChI is InChI=1S/C17H12N4O2/c1-10-5-15(21-23-10)16(22)14-9-20-17-13(14)6-12(8-19-17)11-3-2-4-18-7-11/h2-9H,1H3,(H,19,20). The fourth-order valence-electron chi connectivity index (χ4n) is 2.49. The largest absolute Gasteiger partial charge is 0.361 e. The van der Waals surface area contributed by atoms with E-state index in [1.165, 1.54) is 0 Å². The Balaban J connectivity index is 1.83. The lowest BCUT2D eigenvalue weighted by molar-refractivity contribution is 0.103. The average Bonchev–Trinajstić information content (AvgIpc) is 3.20. The quantitative estimate of drug-likeness (QED) is 0.588. The van der Waals surface area contributed by atoms with Gasteiger partial charge in [-0.3, -0.25) is 9.78 Å². The molecule has 0 saturated heterocycles. The Morgan fingerprint density at radius 3 is 2.87 bits per heavy atom. The van der Waals surface area contributed by atoms with Crippen LogP contribution in [-0.4, -0.2) is 25.9 Å². The average molecular weight is 304 g/mol. The first-order chi connectivity index (χ1) is 11.2. The fraction of sp³-hybridized carbons (Fsp3) is 0.0588. The van der Waals surface area contributed by atoms with Crippen LogP contribution >= 0.6 is 0 Å². The number of nitrogens with zero attached hydrogens (tertiary/aromatic N) is 3. The van der Waals surface area contributed by atoms with E-state index >= 15 is 0 Å². The highest BCUT2D eigenvalue weighted by molar-refractivity contribution is 6.15. The van der Waals surface area contributed by atoms with Crippen molar-refractivity contribution in [2.75, 3.05) is 0 Å². The molecule has 0 amide bonds. The summed E-state index contributed by atoms with van der Waals surface area (Å²) in [7, 11) is 0. The maximum atomic E-state index is 12.6. The number of rotatable bonds is 3. The summed E-state index contributed by atoms with van der Waals surface area (Å²) in [4.78, 5) is 24.1. The van der Waals surface area contributed by atoms with E-state index in [4.69, 9.17) is 4.52 Å². The molecule has 0 atom stereocenters. The Hall–Kier alpha value is -3.28. The lowest BCUT2D eigenvalue weighted by atomic mass is 10.0. The number of aromatic amines is 1. The summed E-state index contributed by atoms with van der Waals surface area (Å²) in [5.74, 6) is 0.403. The highest BCUT2D eigenvalue weighted by Gasteiger charge is 2.18. The van der Waals surface area contributed by atoms with Gasteiger partial charge in [-0.1, -0.05) is 11.2 Å². The zero-order valence-corrected chi connectivity index (χ0v) is 12.3. The van der Waals surface area contributed by atoms with Crippen molar-refractivity contribution in [2.24, 2.45) is 0 Å². The van der Waals surface area contributed by atoms with Gasteiger partial charge in [-0.2, -0.15) is 0 Å². The predicted octanol–water partition coefficient (Wildman–Crippen LogP) is 3.15. The highest BCUT2D eigenvalue weighted by atomic mass is 16.5. The molecule has 4 aromatic rings. The summed E-state index contributed by atoms with van der Waals surface area (Å²) < 4.78 is 4.98. The van der Waals surface area contributed by atoms with Gasteiger partial charge in [0.2, 0.25) is 5.78 Å². The third-order valence-corrected chi connectivity index (χ3v) is 3.63. The highest BCUT2D eigenvalue weighted by Crippen LogP contribution is 2.25. The molecule has 112 valence electrons. The minimum Gasteiger partial charge on any atom is -0.361 e. The summed E-state index contributed by atoms with van der Waals surface area (Å²) in [5, 5.41) is 4.54. The maximum absolute atomic E-state index is 12.6. The second-order valence-electron chi connectivity index (χ2n) is 5.22. The number of aromatic nitrogens is 4. The van der Waals surface area contributed by atoms with E-state index in [-0.39, 0.29) is 11.5 Å². The van der Waals surface area contributed by atoms with Crippen molar-refractivity contribution in [2.45, 2.75) is 6.92 Å². The molecular formula is C17H12N4O2. The van der Waals surface area contributed by atoms with Crippen molar-refractivity contribution < 1.29 is 9.32 Å². The van der Waals surface area contributed by atoms with Gasteiger partial charge in [0.1, 0.15) is 11.4 Å². The molecular weight excluding hydrogens is 292 g/mol. The van der Waals surface area contributed by atoms with Gasteiger partial charge in [-0.25, -0.2) is 4.98 Å². The summed E-state index contributed by atoms with van der Waals surface area (Å²) in [6, 6.07) is 7.36. The Kier molecular flexibility index (Phi) is 3.01. The van der Waals surface area contributed by atoms with E-state index in [2.05, 4.69) is 20.1 Å². The molecule has 0 aliphatic carbocycles. The molecule has 0 radical (unpaired) electrons. The van der Waals surface area contributed by atoms with Crippen molar-refractivity contribution in [1.82, 2.24) is 20.1 Å². The van der Waals surface area contributed by atoms with E-state index in [0.717, 1.165) is 16.5 Å². The van der Waals surface area contributed by atoms with Crippen LogP contribution in [0.5, 0.6) is 0 Å². The topological polar surface area (TPSA) is 84.7 Å². The molecule has 4 aromatic heterocycles. The molecule has 1 N–H and O–H groups in total. The molecule has 0 unspecified atom stereocenters. The van der Waals surface area contributed by atoms with Crippen LogP contribution in [0, 0.1) is 6.92 Å². The third-order valence-electron chi connectivity index (χ3n) is 3.63. The number of aryl methyl sites for hydroxylation is 1. The molecule has 6 heteroatoms. The molecule has 23 heavy (non-hydrogen) atoms. The monoisotopic (exact) mass is 304 g/mol. The van der Waals surface area contributed by atoms with Crippen LogP contribution in [0.2, 0.25) is 0 Å². The van der Waals surface area contributed by atoms with E-state index < -0.39 is 0 Å².